The largest absolute Gasteiger partial charge is 0.464 e. The van der Waals surface area contributed by atoms with Crippen molar-refractivity contribution in [1.82, 2.24) is 5.06 Å². The van der Waals surface area contributed by atoms with E-state index in [0.29, 0.717) is 10.6 Å². The molecule has 0 saturated carbocycles. The van der Waals surface area contributed by atoms with Gasteiger partial charge in [-0.05, 0) is 12.5 Å². The first kappa shape index (κ1) is 13.9. The highest BCUT2D eigenvalue weighted by Crippen LogP contribution is 2.52. The van der Waals surface area contributed by atoms with Crippen LogP contribution in [0.1, 0.15) is 18.5 Å². The molecule has 3 atom stereocenters. The van der Waals surface area contributed by atoms with Gasteiger partial charge >= 0.3 is 5.97 Å². The third-order valence-electron chi connectivity index (χ3n) is 3.11. The number of benzene rings is 1. The Kier molecular flexibility index (Phi) is 3.40. The van der Waals surface area contributed by atoms with Crippen molar-refractivity contribution in [2.45, 2.75) is 18.5 Å². The highest BCUT2D eigenvalue weighted by Gasteiger charge is 2.71. The molecule has 1 aromatic carbocycles. The van der Waals surface area contributed by atoms with Gasteiger partial charge in [0.2, 0.25) is 0 Å². The van der Waals surface area contributed by atoms with Crippen LogP contribution in [-0.2, 0) is 9.53 Å². The lowest BCUT2D eigenvalue weighted by Crippen LogP contribution is -2.29. The monoisotopic (exact) mass is 277 g/mol. The van der Waals surface area contributed by atoms with E-state index in [1.165, 1.54) is 24.3 Å². The average Bonchev–Trinajstić information content (AvgIpc) is 3.05. The molecule has 0 aliphatic carbocycles. The van der Waals surface area contributed by atoms with Crippen LogP contribution in [0.3, 0.4) is 0 Å². The molecule has 104 valence electrons. The minimum Gasteiger partial charge on any atom is -0.464 e. The highest BCUT2D eigenvalue weighted by molar-refractivity contribution is 5.89. The molecule has 0 radical (unpaired) electrons. The molecule has 1 aromatic rings. The fourth-order valence-corrected chi connectivity index (χ4v) is 2.04. The predicted molar refractivity (Wildman–Crippen MR) is 64.4 cm³/mol. The van der Waals surface area contributed by atoms with Crippen molar-refractivity contribution in [3.8, 4) is 6.07 Å². The van der Waals surface area contributed by atoms with Crippen molar-refractivity contribution in [2.24, 2.45) is 0 Å². The Bertz CT molecular complexity index is 594. The van der Waals surface area contributed by atoms with E-state index in [0.717, 1.165) is 0 Å². The van der Waals surface area contributed by atoms with Crippen LogP contribution >= 0.6 is 0 Å². The maximum Gasteiger partial charge on any atom is 0.345 e. The van der Waals surface area contributed by atoms with E-state index in [-0.39, 0.29) is 12.3 Å². The predicted octanol–water partition coefficient (Wildman–Crippen LogP) is 1.17. The summed E-state index contributed by atoms with van der Waals surface area (Å²) >= 11 is 0. The third-order valence-corrected chi connectivity index (χ3v) is 3.11. The lowest BCUT2D eigenvalue weighted by atomic mass is 10.0. The lowest BCUT2D eigenvalue weighted by molar-refractivity contribution is -0.384. The quantitative estimate of drug-likeness (QED) is 0.380. The molecule has 1 aliphatic rings. The van der Waals surface area contributed by atoms with E-state index in [9.17, 15) is 20.1 Å². The zero-order valence-corrected chi connectivity index (χ0v) is 10.5. The van der Waals surface area contributed by atoms with Gasteiger partial charge in [0.15, 0.2) is 0 Å². The van der Waals surface area contributed by atoms with Gasteiger partial charge < -0.3 is 9.94 Å². The van der Waals surface area contributed by atoms with Crippen LogP contribution in [-0.4, -0.2) is 33.3 Å². The van der Waals surface area contributed by atoms with Crippen LogP contribution in [0.15, 0.2) is 24.3 Å². The number of hydrogen-bond donors (Lipinski definition) is 1. The van der Waals surface area contributed by atoms with Crippen molar-refractivity contribution in [3.63, 3.8) is 0 Å². The Morgan fingerprint density at radius 3 is 2.65 bits per heavy atom. The summed E-state index contributed by atoms with van der Waals surface area (Å²) in [6.07, 6.45) is 0. The molecule has 0 amide bonds. The first-order valence-electron chi connectivity index (χ1n) is 5.80. The summed E-state index contributed by atoms with van der Waals surface area (Å²) in [6.45, 7) is 1.68. The molecule has 2 rings (SSSR count). The summed E-state index contributed by atoms with van der Waals surface area (Å²) in [5.74, 6) is -0.839. The molecule has 0 spiro atoms. The number of nitrogens with zero attached hydrogens (tertiary/aromatic N) is 3. The van der Waals surface area contributed by atoms with Crippen molar-refractivity contribution in [3.05, 3.63) is 39.9 Å². The van der Waals surface area contributed by atoms with E-state index in [1.54, 1.807) is 13.0 Å². The number of esters is 1. The second-order valence-corrected chi connectivity index (χ2v) is 4.19. The maximum atomic E-state index is 11.8. The van der Waals surface area contributed by atoms with Crippen molar-refractivity contribution in [1.29, 1.82) is 5.26 Å². The second-order valence-electron chi connectivity index (χ2n) is 4.19. The summed E-state index contributed by atoms with van der Waals surface area (Å²) in [6, 6.07) is 6.13. The molecule has 1 saturated heterocycles. The van der Waals surface area contributed by atoms with Crippen LogP contribution < -0.4 is 0 Å². The fourth-order valence-electron chi connectivity index (χ4n) is 2.04. The second kappa shape index (κ2) is 4.88. The molecule has 20 heavy (non-hydrogen) atoms. The van der Waals surface area contributed by atoms with E-state index in [4.69, 9.17) is 10.00 Å². The lowest BCUT2D eigenvalue weighted by Gasteiger charge is -2.05. The van der Waals surface area contributed by atoms with Gasteiger partial charge in [-0.15, -0.1) is 5.06 Å². The molecular formula is C12H11N3O5. The standard InChI is InChI=1S/C12H11N3O5/c1-2-20-11(16)12(7-13)10(14(12)17)8-3-5-9(6-4-8)15(18)19/h3-6,10,17H,2H2,1H3. The molecule has 8 nitrogen and oxygen atoms in total. The number of carbonyl (C=O) groups excluding carboxylic acids is 1. The molecule has 0 aromatic heterocycles. The van der Waals surface area contributed by atoms with Gasteiger partial charge in [0.1, 0.15) is 12.1 Å². The van der Waals surface area contributed by atoms with Gasteiger partial charge in [-0.3, -0.25) is 10.1 Å². The smallest absolute Gasteiger partial charge is 0.345 e. The molecular weight excluding hydrogens is 266 g/mol. The van der Waals surface area contributed by atoms with Crippen LogP contribution in [0, 0.1) is 21.4 Å². The van der Waals surface area contributed by atoms with Gasteiger partial charge in [-0.1, -0.05) is 12.1 Å². The third kappa shape index (κ3) is 1.89. The Balaban J connectivity index is 2.28. The number of rotatable bonds is 4. The number of nitro benzene ring substituents is 1. The number of carbonyl (C=O) groups is 1. The zero-order valence-electron chi connectivity index (χ0n) is 10.5. The summed E-state index contributed by atoms with van der Waals surface area (Å²) in [7, 11) is 0. The van der Waals surface area contributed by atoms with Gasteiger partial charge in [0, 0.05) is 12.1 Å². The summed E-state index contributed by atoms with van der Waals surface area (Å²) in [5.41, 5.74) is -1.46. The van der Waals surface area contributed by atoms with Crippen LogP contribution in [0.2, 0.25) is 0 Å². The Morgan fingerprint density at radius 1 is 1.60 bits per heavy atom. The molecule has 3 unspecified atom stereocenters. The first-order valence-corrected chi connectivity index (χ1v) is 5.80. The molecule has 1 fully saturated rings. The average molecular weight is 277 g/mol. The minimum atomic E-state index is -1.77. The van der Waals surface area contributed by atoms with Crippen LogP contribution in [0.5, 0.6) is 0 Å². The number of hydroxylamine groups is 2. The molecule has 1 heterocycles. The number of nitriles is 1. The van der Waals surface area contributed by atoms with Crippen LogP contribution in [0.25, 0.3) is 0 Å². The topological polar surface area (TPSA) is 116 Å². The minimum absolute atomic E-state index is 0.0864. The molecule has 1 N–H and O–H groups in total. The zero-order chi connectivity index (χ0) is 14.9. The molecule has 1 aliphatic heterocycles. The maximum absolute atomic E-state index is 11.8. The van der Waals surface area contributed by atoms with Gasteiger partial charge in [0.05, 0.1) is 11.5 Å². The number of non-ortho nitro benzene ring substituents is 1. The van der Waals surface area contributed by atoms with Gasteiger partial charge in [-0.25, -0.2) is 4.79 Å². The highest BCUT2D eigenvalue weighted by atomic mass is 16.6. The van der Waals surface area contributed by atoms with E-state index >= 15 is 0 Å². The fraction of sp³-hybridized carbons (Fsp3) is 0.333. The van der Waals surface area contributed by atoms with E-state index in [2.05, 4.69) is 0 Å². The number of hydrogen-bond acceptors (Lipinski definition) is 7. The van der Waals surface area contributed by atoms with Crippen LogP contribution in [0.4, 0.5) is 5.69 Å². The van der Waals surface area contributed by atoms with Gasteiger partial charge in [0.25, 0.3) is 11.2 Å². The van der Waals surface area contributed by atoms with Crippen molar-refractivity contribution < 1.29 is 19.7 Å². The first-order chi connectivity index (χ1) is 9.48. The van der Waals surface area contributed by atoms with Crippen molar-refractivity contribution in [2.75, 3.05) is 6.61 Å². The SMILES string of the molecule is CCOC(=O)C1(C#N)C(c2ccc([N+](=O)[O-])cc2)N1O. The number of nitro groups is 1. The summed E-state index contributed by atoms with van der Waals surface area (Å²) < 4.78 is 4.77. The Hall–Kier alpha value is -2.50. The Morgan fingerprint density at radius 2 is 2.20 bits per heavy atom. The normalized spacial score (nSPS) is 27.4. The van der Waals surface area contributed by atoms with E-state index < -0.39 is 22.5 Å². The molecule has 8 heteroatoms. The Labute approximate surface area is 113 Å². The van der Waals surface area contributed by atoms with Gasteiger partial charge in [-0.2, -0.15) is 5.26 Å². The number of ether oxygens (including phenoxy) is 1. The van der Waals surface area contributed by atoms with Crippen molar-refractivity contribution >= 4 is 11.7 Å². The summed E-state index contributed by atoms with van der Waals surface area (Å²) in [5, 5.41) is 30.0. The van der Waals surface area contributed by atoms with E-state index in [1.807, 2.05) is 0 Å². The molecule has 0 bridgehead atoms. The summed E-state index contributed by atoms with van der Waals surface area (Å²) in [4.78, 5) is 21.8.